The fourth-order valence-corrected chi connectivity index (χ4v) is 6.19. The second-order valence-corrected chi connectivity index (χ2v) is 9.46. The molecule has 3 aromatic rings. The van der Waals surface area contributed by atoms with Gasteiger partial charge >= 0.3 is 29.6 Å². The second kappa shape index (κ2) is 8.62. The number of methoxy groups -OCH3 is 1. The van der Waals surface area contributed by atoms with E-state index >= 15 is 0 Å². The van der Waals surface area contributed by atoms with Gasteiger partial charge in [-0.3, -0.25) is 0 Å². The number of hydrogen-bond acceptors (Lipinski definition) is 7. The Hall–Kier alpha value is -0.580. The van der Waals surface area contributed by atoms with Crippen LogP contribution in [0.4, 0.5) is 0 Å². The molecule has 0 aliphatic heterocycles. The van der Waals surface area contributed by atoms with E-state index in [1.165, 1.54) is 29.6 Å². The monoisotopic (exact) mass is 432 g/mol. The van der Waals surface area contributed by atoms with E-state index in [9.17, 15) is 13.0 Å². The van der Waals surface area contributed by atoms with Crippen molar-refractivity contribution < 1.29 is 47.3 Å². The maximum Gasteiger partial charge on any atom is 1.00 e. The Kier molecular flexibility index (Phi) is 7.20. The van der Waals surface area contributed by atoms with E-state index in [2.05, 4.69) is 0 Å². The van der Waals surface area contributed by atoms with E-state index < -0.39 is 10.1 Å². The van der Waals surface area contributed by atoms with E-state index in [4.69, 9.17) is 17.0 Å². The average Bonchev–Trinajstić information content (AvgIpc) is 2.95. The molecule has 130 valence electrons. The zero-order chi connectivity index (χ0) is 18.2. The summed E-state index contributed by atoms with van der Waals surface area (Å²) in [5.74, 6) is 0.0287. The third kappa shape index (κ3) is 4.28. The third-order valence-corrected chi connectivity index (χ3v) is 7.65. The molecule has 0 aliphatic carbocycles. The van der Waals surface area contributed by atoms with Crippen LogP contribution in [0.3, 0.4) is 0 Å². The Bertz CT molecular complexity index is 1100. The van der Waals surface area contributed by atoms with Gasteiger partial charge in [0.15, 0.2) is 0 Å². The van der Waals surface area contributed by atoms with Crippen molar-refractivity contribution in [2.75, 3.05) is 7.11 Å². The van der Waals surface area contributed by atoms with Crippen LogP contribution in [0.5, 0.6) is 5.75 Å². The van der Waals surface area contributed by atoms with Gasteiger partial charge in [0.05, 0.1) is 16.9 Å². The first kappa shape index (κ1) is 21.7. The van der Waals surface area contributed by atoms with Gasteiger partial charge in [-0.05, 0) is 35.7 Å². The van der Waals surface area contributed by atoms with Crippen LogP contribution >= 0.6 is 32.9 Å². The molecule has 4 nitrogen and oxygen atoms in total. The van der Waals surface area contributed by atoms with Crippen LogP contribution < -0.4 is 34.3 Å². The smallest absolute Gasteiger partial charge is 0.744 e. The molecule has 3 rings (SSSR count). The SMILES string of the molecule is COc1ccc(-c2c(-c3ccccc3C)ssc2=S)cc1S(=O)(=O)[O-].[Na+]. The minimum Gasteiger partial charge on any atom is -0.744 e. The minimum absolute atomic E-state index is 0. The van der Waals surface area contributed by atoms with Gasteiger partial charge in [0.25, 0.3) is 0 Å². The average molecular weight is 433 g/mol. The summed E-state index contributed by atoms with van der Waals surface area (Å²) in [6.07, 6.45) is 0. The Labute approximate surface area is 186 Å². The molecule has 0 saturated heterocycles. The molecule has 0 amide bonds. The van der Waals surface area contributed by atoms with Crippen molar-refractivity contribution in [2.45, 2.75) is 11.8 Å². The van der Waals surface area contributed by atoms with E-state index in [0.717, 1.165) is 21.6 Å². The first-order chi connectivity index (χ1) is 11.8. The van der Waals surface area contributed by atoms with E-state index in [-0.39, 0.29) is 40.2 Å². The van der Waals surface area contributed by atoms with Crippen LogP contribution in [0.15, 0.2) is 47.4 Å². The summed E-state index contributed by atoms with van der Waals surface area (Å²) in [7, 11) is -0.342. The molecular formula is C17H13NaO4S4. The number of aryl methyl sites for hydroxylation is 1. The van der Waals surface area contributed by atoms with Crippen LogP contribution in [0, 0.1) is 10.7 Å². The van der Waals surface area contributed by atoms with Crippen LogP contribution in [0.25, 0.3) is 21.6 Å². The molecule has 1 heterocycles. The molecule has 0 unspecified atom stereocenters. The Morgan fingerprint density at radius 2 is 1.81 bits per heavy atom. The molecule has 26 heavy (non-hydrogen) atoms. The van der Waals surface area contributed by atoms with Gasteiger partial charge in [-0.2, -0.15) is 0 Å². The van der Waals surface area contributed by atoms with Crippen molar-refractivity contribution in [3.8, 4) is 27.3 Å². The molecule has 0 spiro atoms. The summed E-state index contributed by atoms with van der Waals surface area (Å²) in [6, 6.07) is 12.5. The van der Waals surface area contributed by atoms with Crippen molar-refractivity contribution in [1.29, 1.82) is 0 Å². The normalized spacial score (nSPS) is 11.0. The largest absolute Gasteiger partial charge is 1.00 e. The van der Waals surface area contributed by atoms with E-state index in [1.54, 1.807) is 16.4 Å². The van der Waals surface area contributed by atoms with Crippen LogP contribution in [-0.2, 0) is 10.1 Å². The first-order valence-corrected chi connectivity index (χ1v) is 11.1. The van der Waals surface area contributed by atoms with Gasteiger partial charge < -0.3 is 9.29 Å². The van der Waals surface area contributed by atoms with Crippen molar-refractivity contribution in [3.05, 3.63) is 51.9 Å². The maximum absolute atomic E-state index is 11.6. The van der Waals surface area contributed by atoms with Gasteiger partial charge in [-0.25, -0.2) is 8.42 Å². The van der Waals surface area contributed by atoms with Crippen molar-refractivity contribution in [2.24, 2.45) is 0 Å². The maximum atomic E-state index is 11.6. The third-order valence-electron chi connectivity index (χ3n) is 3.74. The van der Waals surface area contributed by atoms with Crippen LogP contribution in [0.2, 0.25) is 0 Å². The molecule has 0 aliphatic rings. The van der Waals surface area contributed by atoms with Gasteiger partial charge in [-0.1, -0.05) is 63.2 Å². The summed E-state index contributed by atoms with van der Waals surface area (Å²) in [5, 5.41) is 0. The molecule has 9 heteroatoms. The molecule has 0 saturated carbocycles. The summed E-state index contributed by atoms with van der Waals surface area (Å²) >= 11 is 5.47. The molecule has 1 aromatic heterocycles. The fraction of sp³-hybridized carbons (Fsp3) is 0.118. The fourth-order valence-electron chi connectivity index (χ4n) is 2.54. The van der Waals surface area contributed by atoms with Crippen molar-refractivity contribution >= 4 is 43.0 Å². The zero-order valence-corrected chi connectivity index (χ0v) is 19.6. The topological polar surface area (TPSA) is 66.4 Å². The molecular weight excluding hydrogens is 419 g/mol. The molecule has 0 N–H and O–H groups in total. The minimum atomic E-state index is -4.66. The van der Waals surface area contributed by atoms with Gasteiger partial charge in [-0.15, -0.1) is 0 Å². The molecule has 0 radical (unpaired) electrons. The van der Waals surface area contributed by atoms with Gasteiger partial charge in [0.2, 0.25) is 0 Å². The van der Waals surface area contributed by atoms with Crippen LogP contribution in [0.1, 0.15) is 5.56 Å². The number of rotatable bonds is 4. The standard InChI is InChI=1S/C17H14O4S4.Na/c1-10-5-3-4-6-12(10)16-15(17(22)24-23-16)11-7-8-13(21-2)14(9-11)25(18,19)20;/h3-9H,1-2H3,(H,18,19,20);/q;+1/p-1. The predicted molar refractivity (Wildman–Crippen MR) is 103 cm³/mol. The number of hydrogen-bond donors (Lipinski definition) is 0. The van der Waals surface area contributed by atoms with Gasteiger partial charge in [0, 0.05) is 5.56 Å². The van der Waals surface area contributed by atoms with Gasteiger partial charge in [0.1, 0.15) is 19.7 Å². The van der Waals surface area contributed by atoms with E-state index in [0.29, 0.717) is 9.39 Å². The Morgan fingerprint density at radius 3 is 2.42 bits per heavy atom. The summed E-state index contributed by atoms with van der Waals surface area (Å²) in [4.78, 5) is 0.585. The quantitative estimate of drug-likeness (QED) is 0.273. The summed E-state index contributed by atoms with van der Waals surface area (Å²) in [6.45, 7) is 2.01. The van der Waals surface area contributed by atoms with Crippen molar-refractivity contribution in [1.82, 2.24) is 0 Å². The summed E-state index contributed by atoms with van der Waals surface area (Å²) in [5.41, 5.74) is 3.50. The number of benzene rings is 2. The Morgan fingerprint density at radius 1 is 1.12 bits per heavy atom. The zero-order valence-electron chi connectivity index (χ0n) is 14.3. The Balaban J connectivity index is 0.00000243. The first-order valence-electron chi connectivity index (χ1n) is 7.16. The molecule has 0 atom stereocenters. The molecule has 0 bridgehead atoms. The van der Waals surface area contributed by atoms with Crippen LogP contribution in [-0.4, -0.2) is 20.1 Å². The predicted octanol–water partition coefficient (Wildman–Crippen LogP) is 2.10. The molecule has 2 aromatic carbocycles. The van der Waals surface area contributed by atoms with E-state index in [1.807, 2.05) is 31.2 Å². The second-order valence-electron chi connectivity index (χ2n) is 5.29. The van der Waals surface area contributed by atoms with Crippen molar-refractivity contribution in [3.63, 3.8) is 0 Å². The number of ether oxygens (including phenoxy) is 1. The molecule has 0 fully saturated rings. The summed E-state index contributed by atoms with van der Waals surface area (Å²) < 4.78 is 40.4.